The summed E-state index contributed by atoms with van der Waals surface area (Å²) in [4.78, 5) is 62.5. The Balaban J connectivity index is 0.923. The van der Waals surface area contributed by atoms with Crippen LogP contribution in [0.1, 0.15) is 108 Å². The first-order chi connectivity index (χ1) is 33.3. The Morgan fingerprint density at radius 3 is 2.43 bits per heavy atom. The molecule has 2 aromatic carbocycles. The molecule has 2 saturated heterocycles. The molecule has 70 heavy (non-hydrogen) atoms. The average molecular weight is 1020 g/mol. The Hall–Kier alpha value is -5.39. The van der Waals surface area contributed by atoms with Crippen molar-refractivity contribution >= 4 is 46.6 Å². The van der Waals surface area contributed by atoms with Crippen molar-refractivity contribution in [2.45, 2.75) is 83.0 Å². The number of nitrogens with zero attached hydrogens (tertiary/aromatic N) is 5. The van der Waals surface area contributed by atoms with Crippen LogP contribution in [-0.4, -0.2) is 91.3 Å². The second-order valence-corrected chi connectivity index (χ2v) is 22.3. The van der Waals surface area contributed by atoms with Crippen LogP contribution >= 0.6 is 23.5 Å². The summed E-state index contributed by atoms with van der Waals surface area (Å²) >= 11 is 0. The lowest BCUT2D eigenvalue weighted by Crippen LogP contribution is -2.38. The van der Waals surface area contributed by atoms with Crippen LogP contribution in [0.2, 0.25) is 0 Å². The number of carboxylic acids is 1. The third-order valence-corrected chi connectivity index (χ3v) is 17.2. The number of carbonyl (C=O) groups excluding carboxylic acids is 1. The highest BCUT2D eigenvalue weighted by molar-refractivity contribution is 7.66. The van der Waals surface area contributed by atoms with Gasteiger partial charge in [-0.1, -0.05) is 24.0 Å². The fourth-order valence-corrected chi connectivity index (χ4v) is 13.7. The number of fused-ring (bicyclic) bond motifs is 3. The number of carbonyl (C=O) groups is 1. The number of phosphoric ester groups is 1. The minimum atomic E-state index is -5.73. The van der Waals surface area contributed by atoms with Gasteiger partial charge in [0.25, 0.3) is 0 Å². The molecule has 0 radical (unpaired) electrons. The number of nitrogens with one attached hydrogen (secondary N) is 1. The highest BCUT2D eigenvalue weighted by Gasteiger charge is 2.43. The minimum absolute atomic E-state index is 0.0335. The summed E-state index contributed by atoms with van der Waals surface area (Å²) in [6.07, 6.45) is 7.42. The lowest BCUT2D eigenvalue weighted by Gasteiger charge is -2.45. The van der Waals surface area contributed by atoms with Crippen LogP contribution in [0.15, 0.2) is 63.6 Å². The number of carboxylic acid groups (broad SMARTS) is 1. The summed E-state index contributed by atoms with van der Waals surface area (Å²) < 4.78 is 60.7. The fraction of sp³-hybridized carbons (Fsp3) is 0.422. The van der Waals surface area contributed by atoms with Crippen molar-refractivity contribution in [1.29, 1.82) is 5.41 Å². The van der Waals surface area contributed by atoms with Gasteiger partial charge in [0.1, 0.15) is 17.7 Å². The predicted molar refractivity (Wildman–Crippen MR) is 240 cm³/mol. The van der Waals surface area contributed by atoms with Crippen LogP contribution in [0.25, 0.3) is 5.57 Å². The Labute approximate surface area is 400 Å². The topological polar surface area (TPSA) is 325 Å². The van der Waals surface area contributed by atoms with E-state index in [0.29, 0.717) is 12.0 Å². The Kier molecular flexibility index (Phi) is 12.9. The van der Waals surface area contributed by atoms with E-state index in [9.17, 15) is 43.6 Å². The second-order valence-electron chi connectivity index (χ2n) is 17.9. The third-order valence-electron chi connectivity index (χ3n) is 13.4. The molecule has 4 atom stereocenters. The summed E-state index contributed by atoms with van der Waals surface area (Å²) in [6.45, 7) is 2.80. The molecular formula is C45H46N6O16P3-3. The van der Waals surface area contributed by atoms with Crippen LogP contribution in [0.3, 0.4) is 0 Å². The van der Waals surface area contributed by atoms with Crippen LogP contribution in [0.4, 0.5) is 5.69 Å². The smallest absolute Gasteiger partial charge is 0.490 e. The number of piperidine rings is 1. The Morgan fingerprint density at radius 1 is 0.914 bits per heavy atom. The van der Waals surface area contributed by atoms with E-state index in [2.05, 4.69) is 50.8 Å². The van der Waals surface area contributed by atoms with Gasteiger partial charge in [0.2, 0.25) is 0 Å². The maximum atomic E-state index is 13.9. The van der Waals surface area contributed by atoms with Crippen molar-refractivity contribution in [2.24, 2.45) is 4.99 Å². The number of aromatic carboxylic acids is 1. The minimum Gasteiger partial charge on any atom is -0.858 e. The number of hydrogen-bond acceptors (Lipinski definition) is 17. The van der Waals surface area contributed by atoms with Crippen LogP contribution in [-0.2, 0) is 44.4 Å². The zero-order valence-corrected chi connectivity index (χ0v) is 40.0. The summed E-state index contributed by atoms with van der Waals surface area (Å²) in [5.74, 6) is 4.87. The molecule has 0 saturated carbocycles. The third kappa shape index (κ3) is 9.57. The number of aryl methyl sites for hydroxylation is 1. The first-order valence-corrected chi connectivity index (χ1v) is 27.3. The van der Waals surface area contributed by atoms with Crippen LogP contribution in [0.5, 0.6) is 11.8 Å². The number of anilines is 1. The maximum Gasteiger partial charge on any atom is 0.490 e. The van der Waals surface area contributed by atoms with E-state index in [1.807, 2.05) is 0 Å². The van der Waals surface area contributed by atoms with Crippen LogP contribution < -0.4 is 30.4 Å². The van der Waals surface area contributed by atoms with Crippen molar-refractivity contribution in [2.75, 3.05) is 44.2 Å². The molecule has 5 N–H and O–H groups in total. The van der Waals surface area contributed by atoms with Crippen molar-refractivity contribution in [1.82, 2.24) is 14.5 Å². The molecular weight excluding hydrogens is 973 g/mol. The SMILES string of the molecule is N=c1nc([O-])n([C@H]2CC[C@@H](COP(=O)(O)OP(=O)(O)OP(=O)(O)O)O2)cc1C#CCN=C([O-])c1ccc(C(=O)[O-])c(C2=C3CC4=C5C(=C3Oc3c2cc2c6c3CCCN6CCC2)CCCN5CCC4)c1. The number of ether oxygens (including phenoxy) is 2. The van der Waals surface area contributed by atoms with Gasteiger partial charge in [-0.2, -0.15) is 8.62 Å². The molecule has 1 aliphatic carbocycles. The van der Waals surface area contributed by atoms with Crippen molar-refractivity contribution in [3.05, 3.63) is 103 Å². The molecule has 25 heteroatoms. The first-order valence-electron chi connectivity index (χ1n) is 22.7. The maximum absolute atomic E-state index is 13.9. The van der Waals surface area contributed by atoms with Gasteiger partial charge in [0.15, 0.2) is 5.49 Å². The van der Waals surface area contributed by atoms with E-state index < -0.39 is 65.8 Å². The molecule has 2 unspecified atom stereocenters. The van der Waals surface area contributed by atoms with Gasteiger partial charge in [0.05, 0.1) is 36.8 Å². The lowest BCUT2D eigenvalue weighted by molar-refractivity contribution is -0.291. The van der Waals surface area contributed by atoms with E-state index in [-0.39, 0.29) is 36.1 Å². The molecule has 1 aromatic heterocycles. The van der Waals surface area contributed by atoms with Crippen LogP contribution in [0, 0.1) is 17.3 Å². The monoisotopic (exact) mass is 1020 g/mol. The van der Waals surface area contributed by atoms with E-state index >= 15 is 0 Å². The van der Waals surface area contributed by atoms with E-state index in [1.54, 1.807) is 6.07 Å². The predicted octanol–water partition coefficient (Wildman–Crippen LogP) is 2.67. The number of rotatable bonds is 12. The number of aromatic nitrogens is 2. The highest BCUT2D eigenvalue weighted by Crippen LogP contribution is 2.66. The largest absolute Gasteiger partial charge is 0.858 e. The Bertz CT molecular complexity index is 3150. The molecule has 2 fully saturated rings. The van der Waals surface area contributed by atoms with Gasteiger partial charge in [0, 0.05) is 83.6 Å². The molecule has 0 amide bonds. The zero-order valence-electron chi connectivity index (χ0n) is 37.3. The molecule has 370 valence electrons. The standard InChI is InChI=1S/C45H49N6O16P3/c46-42-28(23-51(45(55)48-42)36-14-12-29(64-36)24-63-69(59,60)67-70(61,62)66-68(56,57)58)6-1-15-47-43(52)27-11-13-30(44(53)54)33(22-27)37-34-20-25-7-2-16-49-18-4-9-31(38(25)49)40(34)65-41-32-10-5-19-50-17-3-8-26(39(32)50)21-35(37)41/h11,13,20,22-23,29,36H,2-5,7-10,12,14-19,21,24H2,(H,47,52)(H,53,54)(H,59,60)(H,61,62)(H2,46,48,55)(H2,56,57,58)/p-3/t29-,36+/m0/s1. The van der Waals surface area contributed by atoms with Gasteiger partial charge < -0.3 is 63.5 Å². The van der Waals surface area contributed by atoms with Gasteiger partial charge >= 0.3 is 23.5 Å². The number of benzene rings is 2. The summed E-state index contributed by atoms with van der Waals surface area (Å²) in [6, 6.07) is 5.62. The highest BCUT2D eigenvalue weighted by atomic mass is 31.3. The van der Waals surface area contributed by atoms with E-state index in [4.69, 9.17) is 24.7 Å². The van der Waals surface area contributed by atoms with Crippen molar-refractivity contribution in [3.63, 3.8) is 0 Å². The van der Waals surface area contributed by atoms with Gasteiger partial charge in [-0.25, -0.2) is 18.7 Å². The summed E-state index contributed by atoms with van der Waals surface area (Å²) in [5, 5.41) is 48.0. The number of hydrogen-bond donors (Lipinski definition) is 5. The van der Waals surface area contributed by atoms with E-state index in [1.165, 1.54) is 40.9 Å². The first kappa shape index (κ1) is 48.2. The molecule has 22 nitrogen and oxygen atoms in total. The van der Waals surface area contributed by atoms with Gasteiger partial charge in [-0.3, -0.25) is 14.9 Å². The number of phosphoric acid groups is 3. The normalized spacial score (nSPS) is 22.5. The molecule has 0 bridgehead atoms. The molecule has 10 rings (SSSR count). The zero-order chi connectivity index (χ0) is 49.3. The quantitative estimate of drug-likeness (QED) is 0.0753. The molecule has 7 aliphatic rings. The molecule has 3 aromatic rings. The lowest BCUT2D eigenvalue weighted by atomic mass is 9.75. The van der Waals surface area contributed by atoms with Crippen molar-refractivity contribution < 1.29 is 76.0 Å². The average Bonchev–Trinajstić information content (AvgIpc) is 3.78. The molecule has 7 heterocycles. The fourth-order valence-electron chi connectivity index (χ4n) is 10.7. The second kappa shape index (κ2) is 18.7. The summed E-state index contributed by atoms with van der Waals surface area (Å²) in [7, 11) is -16.7. The summed E-state index contributed by atoms with van der Waals surface area (Å²) in [5.41, 5.74) is 9.56. The molecule has 6 aliphatic heterocycles. The number of allylic oxidation sites excluding steroid dienone is 3. The van der Waals surface area contributed by atoms with Gasteiger partial charge in [-0.15, -0.1) is 0 Å². The van der Waals surface area contributed by atoms with E-state index in [0.717, 1.165) is 121 Å². The Morgan fingerprint density at radius 2 is 1.66 bits per heavy atom. The van der Waals surface area contributed by atoms with Crippen molar-refractivity contribution in [3.8, 4) is 23.6 Å². The van der Waals surface area contributed by atoms with Gasteiger partial charge in [-0.05, 0) is 105 Å². The number of aliphatic imine (C=N–C) groups is 1. The molecule has 0 spiro atoms.